The summed E-state index contributed by atoms with van der Waals surface area (Å²) in [7, 11) is -3.18. The van der Waals surface area contributed by atoms with Gasteiger partial charge < -0.3 is 19.9 Å². The zero-order chi connectivity index (χ0) is 25.0. The van der Waals surface area contributed by atoms with Crippen LogP contribution in [0, 0.1) is 6.92 Å². The molecule has 0 saturated carbocycles. The molecule has 0 aliphatic rings. The largest absolute Gasteiger partial charge is 0.495 e. The molecule has 9 nitrogen and oxygen atoms in total. The van der Waals surface area contributed by atoms with Crippen LogP contribution in [0.15, 0.2) is 47.4 Å². The lowest BCUT2D eigenvalue weighted by Crippen LogP contribution is -2.50. The number of amides is 2. The number of ether oxygens (including phenoxy) is 2. The van der Waals surface area contributed by atoms with Gasteiger partial charge in [0.05, 0.1) is 24.3 Å². The zero-order valence-electron chi connectivity index (χ0n) is 17.7. The molecule has 2 aromatic carbocycles. The van der Waals surface area contributed by atoms with E-state index in [1.165, 1.54) is 31.2 Å². The minimum atomic E-state index is -5.43. The Bertz CT molecular complexity index is 1140. The molecule has 0 aliphatic heterocycles. The molecule has 33 heavy (non-hydrogen) atoms. The number of rotatable bonds is 7. The maximum atomic E-state index is 13.5. The number of sulfonamides is 1. The van der Waals surface area contributed by atoms with Gasteiger partial charge in [-0.25, -0.2) is 22.7 Å². The van der Waals surface area contributed by atoms with Gasteiger partial charge in [-0.2, -0.15) is 13.2 Å². The second-order valence-corrected chi connectivity index (χ2v) is 8.40. The van der Waals surface area contributed by atoms with E-state index in [-0.39, 0.29) is 16.3 Å². The van der Waals surface area contributed by atoms with Crippen LogP contribution in [-0.4, -0.2) is 45.4 Å². The molecule has 0 bridgehead atoms. The molecule has 0 unspecified atom stereocenters. The predicted molar refractivity (Wildman–Crippen MR) is 110 cm³/mol. The standard InChI is InChI=1S/C20H21F3N2O7S/c1-4-32-17(26)19(28,20(21,22)23)13-7-10-15(16(11-13)31-3)24-18(27)25-33(29,30)14-8-5-12(2)6-9-14/h5-11,28H,4H2,1-3H3,(H2,24,25,27)/t19-/m1/s1. The van der Waals surface area contributed by atoms with E-state index in [4.69, 9.17) is 4.74 Å². The van der Waals surface area contributed by atoms with Crippen LogP contribution >= 0.6 is 0 Å². The van der Waals surface area contributed by atoms with Gasteiger partial charge in [0.25, 0.3) is 15.6 Å². The lowest BCUT2D eigenvalue weighted by Gasteiger charge is -2.29. The lowest BCUT2D eigenvalue weighted by molar-refractivity contribution is -0.267. The number of hydrogen-bond acceptors (Lipinski definition) is 7. The highest BCUT2D eigenvalue weighted by Gasteiger charge is 2.62. The van der Waals surface area contributed by atoms with Gasteiger partial charge in [-0.1, -0.05) is 23.8 Å². The number of esters is 1. The number of benzene rings is 2. The van der Waals surface area contributed by atoms with E-state index in [1.54, 1.807) is 11.6 Å². The monoisotopic (exact) mass is 490 g/mol. The number of methoxy groups -OCH3 is 1. The van der Waals surface area contributed by atoms with Gasteiger partial charge in [0.15, 0.2) is 0 Å². The minimum absolute atomic E-state index is 0.185. The minimum Gasteiger partial charge on any atom is -0.495 e. The van der Waals surface area contributed by atoms with Gasteiger partial charge in [-0.3, -0.25) is 0 Å². The maximum absolute atomic E-state index is 13.5. The van der Waals surface area contributed by atoms with Crippen molar-refractivity contribution in [1.82, 2.24) is 4.72 Å². The van der Waals surface area contributed by atoms with E-state index in [0.717, 1.165) is 24.8 Å². The highest BCUT2D eigenvalue weighted by atomic mass is 32.2. The van der Waals surface area contributed by atoms with Crippen LogP contribution in [0.4, 0.5) is 23.7 Å². The second-order valence-electron chi connectivity index (χ2n) is 6.72. The Labute approximate surface area is 187 Å². The number of carbonyl (C=O) groups is 2. The van der Waals surface area contributed by atoms with E-state index in [9.17, 15) is 36.3 Å². The molecule has 2 rings (SSSR count). The van der Waals surface area contributed by atoms with Crippen molar-refractivity contribution in [3.63, 3.8) is 0 Å². The Balaban J connectivity index is 2.33. The first-order chi connectivity index (χ1) is 15.3. The van der Waals surface area contributed by atoms with Crippen molar-refractivity contribution >= 4 is 27.7 Å². The molecule has 1 atom stereocenters. The van der Waals surface area contributed by atoms with Crippen molar-refractivity contribution in [2.45, 2.75) is 30.5 Å². The second kappa shape index (κ2) is 9.67. The molecular weight excluding hydrogens is 469 g/mol. The zero-order valence-corrected chi connectivity index (χ0v) is 18.5. The van der Waals surface area contributed by atoms with E-state index in [0.29, 0.717) is 6.07 Å². The number of nitrogens with one attached hydrogen (secondary N) is 2. The van der Waals surface area contributed by atoms with Crippen LogP contribution in [-0.2, 0) is 25.2 Å². The summed E-state index contributed by atoms with van der Waals surface area (Å²) in [5.41, 5.74) is -4.36. The van der Waals surface area contributed by atoms with Gasteiger partial charge in [-0.05, 0) is 38.1 Å². The van der Waals surface area contributed by atoms with Crippen molar-refractivity contribution in [2.24, 2.45) is 0 Å². The van der Waals surface area contributed by atoms with E-state index in [2.05, 4.69) is 10.1 Å². The summed E-state index contributed by atoms with van der Waals surface area (Å²) in [6, 6.07) is 6.70. The highest BCUT2D eigenvalue weighted by molar-refractivity contribution is 7.90. The van der Waals surface area contributed by atoms with Crippen LogP contribution in [0.3, 0.4) is 0 Å². The molecule has 2 amide bonds. The SMILES string of the molecule is CCOC(=O)[C@](O)(c1ccc(NC(=O)NS(=O)(=O)c2ccc(C)cc2)c(OC)c1)C(F)(F)F. The third kappa shape index (κ3) is 5.54. The van der Waals surface area contributed by atoms with Gasteiger partial charge in [-0.15, -0.1) is 0 Å². The van der Waals surface area contributed by atoms with Gasteiger partial charge in [0, 0.05) is 5.56 Å². The number of carbonyl (C=O) groups excluding carboxylic acids is 2. The van der Waals surface area contributed by atoms with Gasteiger partial charge >= 0.3 is 18.2 Å². The average molecular weight is 490 g/mol. The molecule has 0 fully saturated rings. The van der Waals surface area contributed by atoms with E-state index < -0.39 is 46.0 Å². The maximum Gasteiger partial charge on any atom is 0.432 e. The Morgan fingerprint density at radius 2 is 1.70 bits per heavy atom. The summed E-state index contributed by atoms with van der Waals surface area (Å²) in [4.78, 5) is 23.9. The summed E-state index contributed by atoms with van der Waals surface area (Å²) >= 11 is 0. The molecule has 0 saturated heterocycles. The van der Waals surface area contributed by atoms with Crippen molar-refractivity contribution in [3.05, 3.63) is 53.6 Å². The summed E-state index contributed by atoms with van der Waals surface area (Å²) in [5, 5.41) is 12.3. The van der Waals surface area contributed by atoms with Gasteiger partial charge in [0.1, 0.15) is 5.75 Å². The molecule has 0 aromatic heterocycles. The number of anilines is 1. The average Bonchev–Trinajstić information content (AvgIpc) is 2.72. The topological polar surface area (TPSA) is 131 Å². The van der Waals surface area contributed by atoms with Crippen LogP contribution in [0.2, 0.25) is 0 Å². The summed E-state index contributed by atoms with van der Waals surface area (Å²) in [5.74, 6) is -2.33. The summed E-state index contributed by atoms with van der Waals surface area (Å²) < 4.78 is 76.3. The number of alkyl halides is 3. The molecule has 3 N–H and O–H groups in total. The van der Waals surface area contributed by atoms with Crippen molar-refractivity contribution in [1.29, 1.82) is 0 Å². The van der Waals surface area contributed by atoms with E-state index >= 15 is 0 Å². The number of aliphatic hydroxyl groups is 1. The Kier molecular flexibility index (Phi) is 7.60. The highest BCUT2D eigenvalue weighted by Crippen LogP contribution is 2.42. The molecule has 0 spiro atoms. The Morgan fingerprint density at radius 3 is 2.21 bits per heavy atom. The predicted octanol–water partition coefficient (Wildman–Crippen LogP) is 2.83. The van der Waals surface area contributed by atoms with Crippen molar-refractivity contribution in [2.75, 3.05) is 19.0 Å². The summed E-state index contributed by atoms with van der Waals surface area (Å²) in [6.45, 7) is 2.60. The fraction of sp³-hybridized carbons (Fsp3) is 0.300. The number of aryl methyl sites for hydroxylation is 1. The number of hydrogen-bond donors (Lipinski definition) is 3. The molecule has 180 valence electrons. The Hall–Kier alpha value is -3.32. The third-order valence-electron chi connectivity index (χ3n) is 4.41. The van der Waals surface area contributed by atoms with Crippen molar-refractivity contribution in [3.8, 4) is 5.75 Å². The first-order valence-electron chi connectivity index (χ1n) is 9.31. The first kappa shape index (κ1) is 25.9. The molecule has 0 aliphatic carbocycles. The quantitative estimate of drug-likeness (QED) is 0.509. The fourth-order valence-electron chi connectivity index (χ4n) is 2.70. The Morgan fingerprint density at radius 1 is 1.09 bits per heavy atom. The normalized spacial score (nSPS) is 13.5. The molecule has 0 heterocycles. The first-order valence-corrected chi connectivity index (χ1v) is 10.8. The molecular formula is C20H21F3N2O7S. The summed E-state index contributed by atoms with van der Waals surface area (Å²) in [6.07, 6.45) is -5.43. The van der Waals surface area contributed by atoms with E-state index in [1.807, 2.05) is 0 Å². The molecule has 13 heteroatoms. The third-order valence-corrected chi connectivity index (χ3v) is 5.75. The van der Waals surface area contributed by atoms with Crippen LogP contribution in [0.25, 0.3) is 0 Å². The van der Waals surface area contributed by atoms with Crippen LogP contribution in [0.5, 0.6) is 5.75 Å². The van der Waals surface area contributed by atoms with Crippen LogP contribution in [0.1, 0.15) is 18.1 Å². The lowest BCUT2D eigenvalue weighted by atomic mass is 9.92. The number of halogens is 3. The smallest absolute Gasteiger partial charge is 0.432 e. The van der Waals surface area contributed by atoms with Crippen molar-refractivity contribution < 1.29 is 45.8 Å². The van der Waals surface area contributed by atoms with Gasteiger partial charge in [0.2, 0.25) is 0 Å². The number of urea groups is 1. The van der Waals surface area contributed by atoms with Crippen LogP contribution < -0.4 is 14.8 Å². The fourth-order valence-corrected chi connectivity index (χ4v) is 3.61. The molecule has 0 radical (unpaired) electrons. The molecule has 2 aromatic rings.